The third-order valence-electron chi connectivity index (χ3n) is 6.34. The summed E-state index contributed by atoms with van der Waals surface area (Å²) < 4.78 is 2.50. The third kappa shape index (κ3) is 3.72. The maximum Gasteiger partial charge on any atom is 0.170 e. The van der Waals surface area contributed by atoms with Crippen LogP contribution in [0, 0.1) is 0 Å². The molecule has 2 aliphatic rings. The third-order valence-corrected chi connectivity index (χ3v) is 6.69. The lowest BCUT2D eigenvalue weighted by Gasteiger charge is -2.32. The van der Waals surface area contributed by atoms with Gasteiger partial charge in [-0.25, -0.2) is 0 Å². The van der Waals surface area contributed by atoms with Crippen LogP contribution < -0.4 is 5.32 Å². The number of rotatable bonds is 5. The monoisotopic (exact) mass is 417 g/mol. The van der Waals surface area contributed by atoms with Crippen LogP contribution >= 0.6 is 12.2 Å². The van der Waals surface area contributed by atoms with E-state index in [4.69, 9.17) is 12.2 Å². The Labute approximate surface area is 183 Å². The summed E-state index contributed by atoms with van der Waals surface area (Å²) in [5.74, 6) is 0. The van der Waals surface area contributed by atoms with Gasteiger partial charge in [-0.15, -0.1) is 0 Å². The minimum Gasteiger partial charge on any atom is -0.352 e. The maximum absolute atomic E-state index is 5.82. The van der Waals surface area contributed by atoms with Crippen molar-refractivity contribution in [2.75, 3.05) is 0 Å². The maximum atomic E-state index is 5.82. The van der Waals surface area contributed by atoms with Crippen molar-refractivity contribution in [3.63, 3.8) is 0 Å². The second kappa shape index (κ2) is 8.56. The zero-order valence-electron chi connectivity index (χ0n) is 17.0. The number of nitrogens with one attached hydrogen (secondary N) is 1. The number of aromatic nitrogens is 3. The van der Waals surface area contributed by atoms with E-state index >= 15 is 0 Å². The van der Waals surface area contributed by atoms with Crippen LogP contribution in [0.2, 0.25) is 0 Å². The molecule has 154 valence electrons. The Balaban J connectivity index is 1.54. The molecule has 0 spiro atoms. The first-order valence-corrected chi connectivity index (χ1v) is 11.3. The van der Waals surface area contributed by atoms with E-state index in [1.54, 1.807) is 0 Å². The second-order valence-corrected chi connectivity index (χ2v) is 8.59. The van der Waals surface area contributed by atoms with Crippen molar-refractivity contribution in [2.24, 2.45) is 0 Å². The Morgan fingerprint density at radius 3 is 2.47 bits per heavy atom. The molecular weight excluding hydrogens is 390 g/mol. The Hall–Kier alpha value is -2.73. The zero-order chi connectivity index (χ0) is 20.3. The summed E-state index contributed by atoms with van der Waals surface area (Å²) in [6, 6.07) is 17.2. The highest BCUT2D eigenvalue weighted by molar-refractivity contribution is 7.80. The molecule has 1 N–H and O–H groups in total. The lowest BCUT2D eigenvalue weighted by atomic mass is 9.94. The second-order valence-electron chi connectivity index (χ2n) is 8.21. The van der Waals surface area contributed by atoms with Gasteiger partial charge in [0, 0.05) is 30.3 Å². The molecule has 1 saturated carbocycles. The van der Waals surface area contributed by atoms with Crippen LogP contribution in [0.5, 0.6) is 0 Å². The molecule has 0 radical (unpaired) electrons. The average Bonchev–Trinajstić information content (AvgIpc) is 3.40. The van der Waals surface area contributed by atoms with Crippen molar-refractivity contribution in [3.8, 4) is 0 Å². The quantitative estimate of drug-likeness (QED) is 0.595. The van der Waals surface area contributed by atoms with Gasteiger partial charge in [0.15, 0.2) is 5.11 Å². The molecule has 2 fully saturated rings. The van der Waals surface area contributed by atoms with Gasteiger partial charge in [0.1, 0.15) is 0 Å². The fourth-order valence-electron chi connectivity index (χ4n) is 4.91. The molecule has 3 aromatic heterocycles. The molecular formula is C24H27N5S. The van der Waals surface area contributed by atoms with Gasteiger partial charge in [-0.05, 0) is 61.5 Å². The Bertz CT molecular complexity index is 981. The lowest BCUT2D eigenvalue weighted by molar-refractivity contribution is 0.273. The predicted molar refractivity (Wildman–Crippen MR) is 122 cm³/mol. The standard InChI is InChI=1S/C24H27N5S/c30-24-27-22(20-12-5-7-15-26-20)23(29(24)17-18-9-4-6-14-25-18)21-13-8-16-28(21)19-10-2-1-3-11-19/h4-9,12-16,19,22-23H,1-3,10-11,17H2,(H,27,30)/t22-,23-/m1/s1. The molecule has 3 aromatic rings. The highest BCUT2D eigenvalue weighted by Crippen LogP contribution is 2.41. The number of hydrogen-bond donors (Lipinski definition) is 1. The normalized spacial score (nSPS) is 22.3. The minimum atomic E-state index is 0.0136. The topological polar surface area (TPSA) is 46.0 Å². The van der Waals surface area contributed by atoms with Gasteiger partial charge in [0.25, 0.3) is 0 Å². The summed E-state index contributed by atoms with van der Waals surface area (Å²) in [6.07, 6.45) is 12.4. The summed E-state index contributed by atoms with van der Waals surface area (Å²) >= 11 is 5.82. The van der Waals surface area contributed by atoms with Gasteiger partial charge in [0.2, 0.25) is 0 Å². The number of pyridine rings is 2. The SMILES string of the molecule is S=C1N[C@H](c2ccccn2)[C@@H](c2cccn2C2CCCCC2)N1Cc1ccccn1. The lowest BCUT2D eigenvalue weighted by Crippen LogP contribution is -2.31. The van der Waals surface area contributed by atoms with E-state index in [0.29, 0.717) is 12.6 Å². The summed E-state index contributed by atoms with van der Waals surface area (Å²) in [6.45, 7) is 0.677. The summed E-state index contributed by atoms with van der Waals surface area (Å²) in [5, 5.41) is 4.32. The molecule has 0 aromatic carbocycles. The largest absolute Gasteiger partial charge is 0.352 e. The molecule has 1 saturated heterocycles. The van der Waals surface area contributed by atoms with E-state index in [1.807, 2.05) is 36.7 Å². The van der Waals surface area contributed by atoms with Gasteiger partial charge in [0.05, 0.1) is 30.0 Å². The molecule has 5 nitrogen and oxygen atoms in total. The molecule has 2 atom stereocenters. The van der Waals surface area contributed by atoms with Crippen molar-refractivity contribution >= 4 is 17.3 Å². The van der Waals surface area contributed by atoms with E-state index in [-0.39, 0.29) is 12.1 Å². The molecule has 5 rings (SSSR count). The van der Waals surface area contributed by atoms with Gasteiger partial charge >= 0.3 is 0 Å². The van der Waals surface area contributed by atoms with Crippen LogP contribution in [-0.2, 0) is 6.54 Å². The van der Waals surface area contributed by atoms with Crippen LogP contribution in [0.15, 0.2) is 67.1 Å². The van der Waals surface area contributed by atoms with Crippen molar-refractivity contribution in [1.29, 1.82) is 0 Å². The van der Waals surface area contributed by atoms with E-state index < -0.39 is 0 Å². The Morgan fingerprint density at radius 2 is 1.73 bits per heavy atom. The first kappa shape index (κ1) is 19.2. The molecule has 1 aliphatic carbocycles. The minimum absolute atomic E-state index is 0.0136. The summed E-state index contributed by atoms with van der Waals surface area (Å²) in [7, 11) is 0. The fraction of sp³-hybridized carbons (Fsp3) is 0.375. The van der Waals surface area contributed by atoms with Crippen molar-refractivity contribution in [1.82, 2.24) is 24.8 Å². The number of thiocarbonyl (C=S) groups is 1. The van der Waals surface area contributed by atoms with Crippen LogP contribution in [0.4, 0.5) is 0 Å². The molecule has 6 heteroatoms. The van der Waals surface area contributed by atoms with Crippen LogP contribution in [0.1, 0.15) is 67.3 Å². The van der Waals surface area contributed by atoms with Crippen molar-refractivity contribution in [2.45, 2.75) is 56.8 Å². The van der Waals surface area contributed by atoms with E-state index in [9.17, 15) is 0 Å². The fourth-order valence-corrected chi connectivity index (χ4v) is 5.22. The highest BCUT2D eigenvalue weighted by Gasteiger charge is 2.41. The first-order chi connectivity index (χ1) is 14.8. The molecule has 0 bridgehead atoms. The molecule has 1 aliphatic heterocycles. The number of hydrogen-bond acceptors (Lipinski definition) is 3. The van der Waals surface area contributed by atoms with Crippen molar-refractivity contribution in [3.05, 3.63) is 84.2 Å². The van der Waals surface area contributed by atoms with E-state index in [2.05, 4.69) is 55.2 Å². The molecule has 0 unspecified atom stereocenters. The predicted octanol–water partition coefficient (Wildman–Crippen LogP) is 4.96. The number of nitrogens with zero attached hydrogens (tertiary/aromatic N) is 4. The van der Waals surface area contributed by atoms with E-state index in [1.165, 1.54) is 37.8 Å². The molecule has 30 heavy (non-hydrogen) atoms. The van der Waals surface area contributed by atoms with Crippen LogP contribution in [0.3, 0.4) is 0 Å². The van der Waals surface area contributed by atoms with Gasteiger partial charge in [-0.3, -0.25) is 9.97 Å². The van der Waals surface area contributed by atoms with E-state index in [0.717, 1.165) is 16.5 Å². The van der Waals surface area contributed by atoms with Gasteiger partial charge in [-0.1, -0.05) is 31.4 Å². The van der Waals surface area contributed by atoms with Gasteiger partial charge in [-0.2, -0.15) is 0 Å². The first-order valence-electron chi connectivity index (χ1n) is 10.9. The molecule has 0 amide bonds. The Morgan fingerprint density at radius 1 is 0.933 bits per heavy atom. The van der Waals surface area contributed by atoms with Crippen molar-refractivity contribution < 1.29 is 0 Å². The van der Waals surface area contributed by atoms with Crippen LogP contribution in [-0.4, -0.2) is 24.5 Å². The van der Waals surface area contributed by atoms with Gasteiger partial charge < -0.3 is 14.8 Å². The molecule has 4 heterocycles. The van der Waals surface area contributed by atoms with Crippen LogP contribution in [0.25, 0.3) is 0 Å². The smallest absolute Gasteiger partial charge is 0.170 e. The average molecular weight is 418 g/mol. The highest BCUT2D eigenvalue weighted by atomic mass is 32.1. The Kier molecular flexibility index (Phi) is 5.49. The summed E-state index contributed by atoms with van der Waals surface area (Å²) in [5.41, 5.74) is 3.34. The summed E-state index contributed by atoms with van der Waals surface area (Å²) in [4.78, 5) is 11.5. The zero-order valence-corrected chi connectivity index (χ0v) is 17.8.